The van der Waals surface area contributed by atoms with E-state index in [1.165, 1.54) is 4.90 Å². The molecule has 0 unspecified atom stereocenters. The zero-order valence-electron chi connectivity index (χ0n) is 7.33. The summed E-state index contributed by atoms with van der Waals surface area (Å²) >= 11 is 5.48. The zero-order valence-corrected chi connectivity index (χ0v) is 9.73. The highest BCUT2D eigenvalue weighted by Crippen LogP contribution is 2.27. The van der Waals surface area contributed by atoms with Gasteiger partial charge in [-0.25, -0.2) is 0 Å². The molecule has 1 rings (SSSR count). The van der Waals surface area contributed by atoms with Gasteiger partial charge in [0.2, 0.25) is 0 Å². The summed E-state index contributed by atoms with van der Waals surface area (Å²) < 4.78 is 0. The van der Waals surface area contributed by atoms with E-state index in [2.05, 4.69) is 54.0 Å². The Hall–Kier alpha value is 0.0500. The summed E-state index contributed by atoms with van der Waals surface area (Å²) in [6.45, 7) is 4.41. The number of hydrogen-bond acceptors (Lipinski definition) is 1. The van der Waals surface area contributed by atoms with Gasteiger partial charge in [-0.15, -0.1) is 11.8 Å². The molecule has 0 saturated carbocycles. The largest absolute Gasteiger partial charge is 0.122 e. The molecular weight excluding hydrogens is 232 g/mol. The smallest absolute Gasteiger partial charge is 0.0237 e. The van der Waals surface area contributed by atoms with Crippen molar-refractivity contribution in [1.82, 2.24) is 0 Å². The van der Waals surface area contributed by atoms with Crippen LogP contribution in [0.1, 0.15) is 13.8 Å². The van der Waals surface area contributed by atoms with E-state index in [1.807, 2.05) is 17.8 Å². The molecular formula is C10H13BrS. The molecule has 2 heteroatoms. The Bertz CT molecular complexity index is 221. The van der Waals surface area contributed by atoms with E-state index < -0.39 is 0 Å². The lowest BCUT2D eigenvalue weighted by Crippen LogP contribution is -2.07. The van der Waals surface area contributed by atoms with Crippen LogP contribution in [-0.4, -0.2) is 10.1 Å². The highest BCUT2D eigenvalue weighted by atomic mass is 79.9. The van der Waals surface area contributed by atoms with Gasteiger partial charge in [0.1, 0.15) is 0 Å². The molecule has 0 heterocycles. The SMILES string of the molecule is C[C@@H](Br)[C@@H](C)Sc1ccccc1. The Balaban J connectivity index is 2.53. The fourth-order valence-corrected chi connectivity index (χ4v) is 2.06. The van der Waals surface area contributed by atoms with Crippen LogP contribution in [0.2, 0.25) is 0 Å². The summed E-state index contributed by atoms with van der Waals surface area (Å²) in [6.07, 6.45) is 0. The summed E-state index contributed by atoms with van der Waals surface area (Å²) in [5, 5.41) is 0.618. The van der Waals surface area contributed by atoms with Crippen LogP contribution >= 0.6 is 27.7 Å². The van der Waals surface area contributed by atoms with E-state index in [0.717, 1.165) is 0 Å². The number of benzene rings is 1. The number of alkyl halides is 1. The van der Waals surface area contributed by atoms with Gasteiger partial charge in [-0.05, 0) is 12.1 Å². The van der Waals surface area contributed by atoms with E-state index in [9.17, 15) is 0 Å². The normalized spacial score (nSPS) is 15.6. The first kappa shape index (κ1) is 10.1. The third-order valence-electron chi connectivity index (χ3n) is 1.71. The molecule has 0 aromatic heterocycles. The maximum Gasteiger partial charge on any atom is 0.0237 e. The number of thioether (sulfide) groups is 1. The predicted molar refractivity (Wildman–Crippen MR) is 60.2 cm³/mol. The Morgan fingerprint density at radius 2 is 1.75 bits per heavy atom. The average molecular weight is 245 g/mol. The van der Waals surface area contributed by atoms with Gasteiger partial charge < -0.3 is 0 Å². The second kappa shape index (κ2) is 4.93. The molecule has 0 nitrogen and oxygen atoms in total. The van der Waals surface area contributed by atoms with Crippen molar-refractivity contribution in [3.8, 4) is 0 Å². The van der Waals surface area contributed by atoms with Crippen molar-refractivity contribution >= 4 is 27.7 Å². The van der Waals surface area contributed by atoms with Crippen molar-refractivity contribution in [3.05, 3.63) is 30.3 Å². The van der Waals surface area contributed by atoms with E-state index in [4.69, 9.17) is 0 Å². The van der Waals surface area contributed by atoms with Crippen LogP contribution in [0.25, 0.3) is 0 Å². The molecule has 0 aliphatic heterocycles. The van der Waals surface area contributed by atoms with Crippen molar-refractivity contribution in [1.29, 1.82) is 0 Å². The minimum Gasteiger partial charge on any atom is -0.122 e. The lowest BCUT2D eigenvalue weighted by molar-refractivity contribution is 0.942. The molecule has 0 fully saturated rings. The van der Waals surface area contributed by atoms with Crippen LogP contribution in [-0.2, 0) is 0 Å². The molecule has 0 bridgehead atoms. The molecule has 0 amide bonds. The quantitative estimate of drug-likeness (QED) is 0.574. The second-order valence-electron chi connectivity index (χ2n) is 2.81. The van der Waals surface area contributed by atoms with Crippen molar-refractivity contribution in [2.45, 2.75) is 28.8 Å². The molecule has 0 spiro atoms. The lowest BCUT2D eigenvalue weighted by atomic mass is 10.4. The monoisotopic (exact) mass is 244 g/mol. The topological polar surface area (TPSA) is 0 Å². The second-order valence-corrected chi connectivity index (χ2v) is 5.71. The Morgan fingerprint density at radius 1 is 1.17 bits per heavy atom. The van der Waals surface area contributed by atoms with E-state index in [1.54, 1.807) is 0 Å². The van der Waals surface area contributed by atoms with Gasteiger partial charge in [0.15, 0.2) is 0 Å². The van der Waals surface area contributed by atoms with Crippen molar-refractivity contribution in [2.24, 2.45) is 0 Å². The third-order valence-corrected chi connectivity index (χ3v) is 4.18. The summed E-state index contributed by atoms with van der Waals surface area (Å²) in [6, 6.07) is 10.5. The van der Waals surface area contributed by atoms with E-state index >= 15 is 0 Å². The van der Waals surface area contributed by atoms with Gasteiger partial charge in [0, 0.05) is 15.0 Å². The van der Waals surface area contributed by atoms with Gasteiger partial charge in [0.25, 0.3) is 0 Å². The summed E-state index contributed by atoms with van der Waals surface area (Å²) in [7, 11) is 0. The first-order chi connectivity index (χ1) is 5.70. The molecule has 1 aromatic rings. The lowest BCUT2D eigenvalue weighted by Gasteiger charge is -2.12. The van der Waals surface area contributed by atoms with E-state index in [-0.39, 0.29) is 0 Å². The van der Waals surface area contributed by atoms with E-state index in [0.29, 0.717) is 10.1 Å². The highest BCUT2D eigenvalue weighted by molar-refractivity contribution is 9.09. The highest BCUT2D eigenvalue weighted by Gasteiger charge is 2.09. The number of rotatable bonds is 3. The van der Waals surface area contributed by atoms with Crippen molar-refractivity contribution in [3.63, 3.8) is 0 Å². The van der Waals surface area contributed by atoms with Crippen LogP contribution in [0.15, 0.2) is 35.2 Å². The van der Waals surface area contributed by atoms with Crippen molar-refractivity contribution in [2.75, 3.05) is 0 Å². The fraction of sp³-hybridized carbons (Fsp3) is 0.400. The third kappa shape index (κ3) is 3.20. The maximum atomic E-state index is 3.58. The summed E-state index contributed by atoms with van der Waals surface area (Å²) in [4.78, 5) is 1.90. The molecule has 0 N–H and O–H groups in total. The predicted octanol–water partition coefficient (Wildman–Crippen LogP) is 3.95. The van der Waals surface area contributed by atoms with Gasteiger partial charge in [0.05, 0.1) is 0 Å². The molecule has 1 aromatic carbocycles. The van der Waals surface area contributed by atoms with Crippen LogP contribution in [0.5, 0.6) is 0 Å². The van der Waals surface area contributed by atoms with Gasteiger partial charge >= 0.3 is 0 Å². The Labute approximate surface area is 86.9 Å². The van der Waals surface area contributed by atoms with Gasteiger partial charge in [-0.3, -0.25) is 0 Å². The number of hydrogen-bond donors (Lipinski definition) is 0. The van der Waals surface area contributed by atoms with Crippen LogP contribution < -0.4 is 0 Å². The van der Waals surface area contributed by atoms with Gasteiger partial charge in [-0.2, -0.15) is 0 Å². The average Bonchev–Trinajstić information content (AvgIpc) is 2.06. The summed E-state index contributed by atoms with van der Waals surface area (Å²) in [5.41, 5.74) is 0. The van der Waals surface area contributed by atoms with Crippen molar-refractivity contribution < 1.29 is 0 Å². The minimum atomic E-state index is 0.558. The minimum absolute atomic E-state index is 0.558. The molecule has 0 saturated heterocycles. The Kier molecular flexibility index (Phi) is 4.16. The number of halogens is 1. The molecule has 2 atom stereocenters. The fourth-order valence-electron chi connectivity index (χ4n) is 0.807. The molecule has 0 aliphatic carbocycles. The Morgan fingerprint density at radius 3 is 2.25 bits per heavy atom. The molecule has 0 radical (unpaired) electrons. The molecule has 12 heavy (non-hydrogen) atoms. The first-order valence-corrected chi connectivity index (χ1v) is 5.85. The molecule has 0 aliphatic rings. The molecule has 66 valence electrons. The van der Waals surface area contributed by atoms with Crippen LogP contribution in [0.4, 0.5) is 0 Å². The maximum absolute atomic E-state index is 3.58. The summed E-state index contributed by atoms with van der Waals surface area (Å²) in [5.74, 6) is 0. The zero-order chi connectivity index (χ0) is 8.97. The first-order valence-electron chi connectivity index (χ1n) is 4.06. The van der Waals surface area contributed by atoms with Crippen LogP contribution in [0, 0.1) is 0 Å². The van der Waals surface area contributed by atoms with Crippen LogP contribution in [0.3, 0.4) is 0 Å². The standard InChI is InChI=1S/C10H13BrS/c1-8(11)9(2)12-10-6-4-3-5-7-10/h3-9H,1-2H3/t8-,9-/m1/s1. The van der Waals surface area contributed by atoms with Gasteiger partial charge in [-0.1, -0.05) is 48.0 Å².